The molecule has 0 aliphatic rings. The first-order valence-electron chi connectivity index (χ1n) is 12.0. The van der Waals surface area contributed by atoms with Crippen LogP contribution in [0.2, 0.25) is 0 Å². The van der Waals surface area contributed by atoms with E-state index in [0.29, 0.717) is 16.7 Å². The van der Waals surface area contributed by atoms with E-state index in [1.807, 2.05) is 0 Å². The highest BCUT2D eigenvalue weighted by atomic mass is 16.6. The number of para-hydroxylation sites is 1. The van der Waals surface area contributed by atoms with Gasteiger partial charge in [0.1, 0.15) is 11.5 Å². The topological polar surface area (TPSA) is 144 Å². The van der Waals surface area contributed by atoms with Crippen LogP contribution >= 0.6 is 0 Å². The third-order valence-electron chi connectivity index (χ3n) is 6.45. The molecule has 0 saturated carbocycles. The maximum Gasteiger partial charge on any atom is 0.276 e. The second-order valence-corrected chi connectivity index (χ2v) is 8.90. The molecule has 5 rings (SSSR count). The van der Waals surface area contributed by atoms with Gasteiger partial charge in [-0.2, -0.15) is 0 Å². The Hall–Kier alpha value is -5.83. The molecule has 0 amide bonds. The van der Waals surface area contributed by atoms with Gasteiger partial charge in [0.05, 0.1) is 21.5 Å². The van der Waals surface area contributed by atoms with Crippen molar-refractivity contribution in [1.82, 2.24) is 0 Å². The van der Waals surface area contributed by atoms with E-state index in [9.17, 15) is 35.2 Å². The molecule has 40 heavy (non-hydrogen) atoms. The van der Waals surface area contributed by atoms with Crippen molar-refractivity contribution in [2.24, 2.45) is 0 Å². The third-order valence-corrected chi connectivity index (χ3v) is 6.45. The van der Waals surface area contributed by atoms with E-state index in [1.54, 1.807) is 72.8 Å². The van der Waals surface area contributed by atoms with Gasteiger partial charge >= 0.3 is 0 Å². The molecule has 0 spiro atoms. The molecule has 2 N–H and O–H groups in total. The summed E-state index contributed by atoms with van der Waals surface area (Å²) in [6.07, 6.45) is 0. The number of hydrogen-bond acceptors (Lipinski definition) is 7. The average Bonchev–Trinajstić information content (AvgIpc) is 2.97. The predicted molar refractivity (Wildman–Crippen MR) is 149 cm³/mol. The highest BCUT2D eigenvalue weighted by molar-refractivity contribution is 6.17. The Morgan fingerprint density at radius 1 is 0.575 bits per heavy atom. The van der Waals surface area contributed by atoms with Crippen molar-refractivity contribution in [3.63, 3.8) is 0 Å². The number of carbonyl (C=O) groups excluding carboxylic acids is 1. The van der Waals surface area contributed by atoms with Crippen molar-refractivity contribution in [3.05, 3.63) is 141 Å². The summed E-state index contributed by atoms with van der Waals surface area (Å²) in [7, 11) is 0. The van der Waals surface area contributed by atoms with Gasteiger partial charge in [0.15, 0.2) is 5.78 Å². The average molecular weight is 533 g/mol. The Balaban J connectivity index is 1.97. The molecule has 5 aromatic rings. The van der Waals surface area contributed by atoms with Crippen LogP contribution < -0.4 is 0 Å². The summed E-state index contributed by atoms with van der Waals surface area (Å²) in [6.45, 7) is 0. The molecule has 0 radical (unpaired) electrons. The zero-order valence-corrected chi connectivity index (χ0v) is 20.7. The lowest BCUT2D eigenvalue weighted by molar-refractivity contribution is -0.394. The van der Waals surface area contributed by atoms with Gasteiger partial charge in [0.2, 0.25) is 0 Å². The Morgan fingerprint density at radius 3 is 1.65 bits per heavy atom. The summed E-state index contributed by atoms with van der Waals surface area (Å²) in [6, 6.07) is 27.8. The molecular formula is C31H20N2O7. The first-order valence-corrected chi connectivity index (χ1v) is 12.0. The lowest BCUT2D eigenvalue weighted by atomic mass is 9.83. The van der Waals surface area contributed by atoms with Crippen LogP contribution in [0.5, 0.6) is 11.5 Å². The molecule has 0 bridgehead atoms. The standard InChI is InChI=1S/C31H20N2O7/c34-27-14-8-7-13-24(27)30(35)26-18-25(19-9-3-1-4-10-19)31(36)29(20-11-5-2-6-12-20)28(26)21-15-22(32(37)38)17-23(16-21)33(39)40/h1-18,34,36H. The zero-order valence-electron chi connectivity index (χ0n) is 20.7. The number of nitro benzene ring substituents is 2. The first-order chi connectivity index (χ1) is 19.3. The van der Waals surface area contributed by atoms with Gasteiger partial charge in [-0.25, -0.2) is 0 Å². The van der Waals surface area contributed by atoms with E-state index in [-0.39, 0.29) is 39.3 Å². The van der Waals surface area contributed by atoms with Crippen LogP contribution in [0.25, 0.3) is 33.4 Å². The van der Waals surface area contributed by atoms with Crippen LogP contribution in [0.3, 0.4) is 0 Å². The van der Waals surface area contributed by atoms with Crippen LogP contribution in [-0.4, -0.2) is 25.8 Å². The SMILES string of the molecule is O=C(c1ccccc1O)c1cc(-c2ccccc2)c(O)c(-c2ccccc2)c1-c1cc([N+](=O)[O-])cc([N+](=O)[O-])c1. The van der Waals surface area contributed by atoms with Gasteiger partial charge < -0.3 is 10.2 Å². The van der Waals surface area contributed by atoms with E-state index >= 15 is 0 Å². The number of rotatable bonds is 7. The smallest absolute Gasteiger partial charge is 0.276 e. The summed E-state index contributed by atoms with van der Waals surface area (Å²) < 4.78 is 0. The molecule has 0 fully saturated rings. The maximum absolute atomic E-state index is 14.1. The van der Waals surface area contributed by atoms with Crippen LogP contribution in [0.4, 0.5) is 11.4 Å². The Morgan fingerprint density at radius 2 is 1.10 bits per heavy atom. The molecule has 5 aromatic carbocycles. The fourth-order valence-electron chi connectivity index (χ4n) is 4.64. The summed E-state index contributed by atoms with van der Waals surface area (Å²) in [4.78, 5) is 36.0. The summed E-state index contributed by atoms with van der Waals surface area (Å²) >= 11 is 0. The van der Waals surface area contributed by atoms with Crippen LogP contribution in [0.15, 0.2) is 109 Å². The van der Waals surface area contributed by atoms with Crippen molar-refractivity contribution >= 4 is 17.2 Å². The van der Waals surface area contributed by atoms with E-state index in [2.05, 4.69) is 0 Å². The zero-order chi connectivity index (χ0) is 28.4. The number of phenols is 2. The van der Waals surface area contributed by atoms with E-state index in [4.69, 9.17) is 0 Å². The summed E-state index contributed by atoms with van der Waals surface area (Å²) in [5.41, 5.74) is 0.327. The second-order valence-electron chi connectivity index (χ2n) is 8.90. The van der Waals surface area contributed by atoms with Gasteiger partial charge in [-0.1, -0.05) is 72.8 Å². The predicted octanol–water partition coefficient (Wildman–Crippen LogP) is 7.15. The Labute approximate surface area is 227 Å². The number of non-ortho nitro benzene ring substituents is 2. The lowest BCUT2D eigenvalue weighted by Gasteiger charge is -2.20. The van der Waals surface area contributed by atoms with Crippen molar-refractivity contribution in [1.29, 1.82) is 0 Å². The van der Waals surface area contributed by atoms with Gasteiger partial charge in [-0.05, 0) is 34.9 Å². The number of aromatic hydroxyl groups is 2. The van der Waals surface area contributed by atoms with Crippen molar-refractivity contribution < 1.29 is 24.9 Å². The summed E-state index contributed by atoms with van der Waals surface area (Å²) in [5, 5.41) is 45.7. The molecule has 9 heteroatoms. The van der Waals surface area contributed by atoms with Gasteiger partial charge in [-0.15, -0.1) is 0 Å². The van der Waals surface area contributed by atoms with Gasteiger partial charge in [0.25, 0.3) is 11.4 Å². The molecule has 0 unspecified atom stereocenters. The molecule has 0 saturated heterocycles. The third kappa shape index (κ3) is 4.74. The first kappa shape index (κ1) is 25.8. The summed E-state index contributed by atoms with van der Waals surface area (Å²) in [5.74, 6) is -1.16. The number of phenolic OH excluding ortho intramolecular Hbond substituents is 2. The molecule has 0 atom stereocenters. The fourth-order valence-corrected chi connectivity index (χ4v) is 4.64. The molecule has 196 valence electrons. The number of benzene rings is 5. The van der Waals surface area contributed by atoms with Crippen molar-refractivity contribution in [3.8, 4) is 44.9 Å². The fraction of sp³-hybridized carbons (Fsp3) is 0. The minimum Gasteiger partial charge on any atom is -0.507 e. The molecule has 0 aliphatic heterocycles. The van der Waals surface area contributed by atoms with E-state index in [1.165, 1.54) is 18.2 Å². The van der Waals surface area contributed by atoms with Crippen molar-refractivity contribution in [2.75, 3.05) is 0 Å². The van der Waals surface area contributed by atoms with Crippen LogP contribution in [-0.2, 0) is 0 Å². The number of carbonyl (C=O) groups is 1. The minimum atomic E-state index is -0.762. The highest BCUT2D eigenvalue weighted by Gasteiger charge is 2.28. The van der Waals surface area contributed by atoms with Gasteiger partial charge in [-0.3, -0.25) is 25.0 Å². The quantitative estimate of drug-likeness (QED) is 0.129. The lowest BCUT2D eigenvalue weighted by Crippen LogP contribution is -2.07. The molecule has 0 heterocycles. The monoisotopic (exact) mass is 532 g/mol. The van der Waals surface area contributed by atoms with E-state index in [0.717, 1.165) is 18.2 Å². The van der Waals surface area contributed by atoms with Crippen LogP contribution in [0.1, 0.15) is 15.9 Å². The molecule has 0 aromatic heterocycles. The Bertz CT molecular complexity index is 1750. The molecule has 0 aliphatic carbocycles. The number of hydrogen-bond donors (Lipinski definition) is 2. The maximum atomic E-state index is 14.1. The van der Waals surface area contributed by atoms with Crippen molar-refractivity contribution in [2.45, 2.75) is 0 Å². The molecular weight excluding hydrogens is 512 g/mol. The number of nitrogens with zero attached hydrogens (tertiary/aromatic N) is 2. The van der Waals surface area contributed by atoms with Gasteiger partial charge in [0, 0.05) is 34.4 Å². The van der Waals surface area contributed by atoms with E-state index < -0.39 is 27.0 Å². The second kappa shape index (κ2) is 10.5. The Kier molecular flexibility index (Phi) is 6.78. The minimum absolute atomic E-state index is 0.0200. The number of nitro groups is 2. The van der Waals surface area contributed by atoms with Crippen LogP contribution in [0, 0.1) is 20.2 Å². The highest BCUT2D eigenvalue weighted by Crippen LogP contribution is 2.48. The largest absolute Gasteiger partial charge is 0.507 e. The number of ketones is 1. The normalized spacial score (nSPS) is 10.7. The molecule has 9 nitrogen and oxygen atoms in total.